The Morgan fingerprint density at radius 1 is 1.26 bits per heavy atom. The van der Waals surface area contributed by atoms with Crippen molar-refractivity contribution in [3.63, 3.8) is 0 Å². The zero-order valence-electron chi connectivity index (χ0n) is 11.1. The van der Waals surface area contributed by atoms with Crippen LogP contribution < -0.4 is 15.2 Å². The Morgan fingerprint density at radius 2 is 1.95 bits per heavy atom. The predicted octanol–water partition coefficient (Wildman–Crippen LogP) is 1.48. The molecule has 100 valence electrons. The average molecular weight is 260 g/mol. The normalized spacial score (nSPS) is 10.3. The van der Waals surface area contributed by atoms with Gasteiger partial charge in [0, 0.05) is 6.07 Å². The molecule has 0 aliphatic heterocycles. The second-order valence-corrected chi connectivity index (χ2v) is 4.01. The molecule has 0 saturated heterocycles. The van der Waals surface area contributed by atoms with Gasteiger partial charge in [-0.3, -0.25) is 5.41 Å². The Morgan fingerprint density at radius 3 is 2.47 bits per heavy atom. The molecule has 0 aliphatic carbocycles. The van der Waals surface area contributed by atoms with Crippen molar-refractivity contribution in [3.05, 3.63) is 35.7 Å². The summed E-state index contributed by atoms with van der Waals surface area (Å²) >= 11 is 0. The number of nitrogen functional groups attached to an aromatic ring is 1. The molecule has 2 rings (SSSR count). The Kier molecular flexibility index (Phi) is 3.41. The summed E-state index contributed by atoms with van der Waals surface area (Å²) in [7, 11) is 3.17. The molecule has 0 atom stereocenters. The molecule has 1 heterocycles. The van der Waals surface area contributed by atoms with E-state index in [1.165, 1.54) is 0 Å². The number of aromatic nitrogens is 2. The van der Waals surface area contributed by atoms with Gasteiger partial charge in [-0.25, -0.2) is 4.68 Å². The van der Waals surface area contributed by atoms with Crippen LogP contribution in [0.15, 0.2) is 24.4 Å². The zero-order valence-corrected chi connectivity index (χ0v) is 11.1. The molecule has 0 spiro atoms. The van der Waals surface area contributed by atoms with Gasteiger partial charge in [-0.2, -0.15) is 5.10 Å². The molecule has 0 bridgehead atoms. The maximum atomic E-state index is 7.47. The molecule has 2 aromatic rings. The van der Waals surface area contributed by atoms with Crippen molar-refractivity contribution in [1.29, 1.82) is 5.41 Å². The van der Waals surface area contributed by atoms with Crippen LogP contribution in [0.3, 0.4) is 0 Å². The van der Waals surface area contributed by atoms with Gasteiger partial charge in [-0.1, -0.05) is 0 Å². The Labute approximate surface area is 111 Å². The molecular formula is C13H16N4O2. The molecule has 1 aromatic carbocycles. The summed E-state index contributed by atoms with van der Waals surface area (Å²) in [5, 5.41) is 11.7. The molecule has 19 heavy (non-hydrogen) atoms. The Balaban J connectivity index is 2.50. The summed E-state index contributed by atoms with van der Waals surface area (Å²) in [6.45, 7) is 1.86. The molecular weight excluding hydrogens is 244 g/mol. The van der Waals surface area contributed by atoms with E-state index in [1.807, 2.05) is 25.1 Å². The number of methoxy groups -OCH3 is 2. The second-order valence-electron chi connectivity index (χ2n) is 4.01. The third-order valence-electron chi connectivity index (χ3n) is 2.91. The highest BCUT2D eigenvalue weighted by atomic mass is 16.5. The van der Waals surface area contributed by atoms with E-state index in [0.29, 0.717) is 17.1 Å². The van der Waals surface area contributed by atoms with Gasteiger partial charge in [0.05, 0.1) is 37.4 Å². The number of ether oxygens (including phenoxy) is 2. The molecule has 0 amide bonds. The monoisotopic (exact) mass is 260 g/mol. The second kappa shape index (κ2) is 5.01. The topological polar surface area (TPSA) is 86.2 Å². The third kappa shape index (κ3) is 2.24. The first kappa shape index (κ1) is 12.9. The van der Waals surface area contributed by atoms with Gasteiger partial charge in [-0.05, 0) is 19.1 Å². The summed E-state index contributed by atoms with van der Waals surface area (Å²) in [6.07, 6.45) is 1.58. The standard InChI is InChI=1S/C13H16N4O2/c1-8-10(13(14)15)7-16-17(8)9-4-5-11(18-2)12(6-9)19-3/h4-7H,1-3H3,(H3,14,15). The van der Waals surface area contributed by atoms with E-state index in [2.05, 4.69) is 5.10 Å². The van der Waals surface area contributed by atoms with Crippen LogP contribution in [0.4, 0.5) is 0 Å². The number of nitrogens with zero attached hydrogens (tertiary/aromatic N) is 2. The highest BCUT2D eigenvalue weighted by Crippen LogP contribution is 2.29. The lowest BCUT2D eigenvalue weighted by Crippen LogP contribution is -2.12. The third-order valence-corrected chi connectivity index (χ3v) is 2.91. The number of amidine groups is 1. The fraction of sp³-hybridized carbons (Fsp3) is 0.231. The first-order valence-electron chi connectivity index (χ1n) is 5.70. The van der Waals surface area contributed by atoms with Gasteiger partial charge >= 0.3 is 0 Å². The van der Waals surface area contributed by atoms with Gasteiger partial charge < -0.3 is 15.2 Å². The summed E-state index contributed by atoms with van der Waals surface area (Å²) in [6, 6.07) is 5.50. The molecule has 6 nitrogen and oxygen atoms in total. The van der Waals surface area contributed by atoms with E-state index in [9.17, 15) is 0 Å². The molecule has 0 saturated carbocycles. The predicted molar refractivity (Wildman–Crippen MR) is 72.4 cm³/mol. The molecule has 6 heteroatoms. The molecule has 1 aromatic heterocycles. The van der Waals surface area contributed by atoms with Crippen molar-refractivity contribution in [2.45, 2.75) is 6.92 Å². The van der Waals surface area contributed by atoms with Crippen LogP contribution in [-0.4, -0.2) is 29.8 Å². The molecule has 0 aliphatic rings. The summed E-state index contributed by atoms with van der Waals surface area (Å²) in [5.74, 6) is 1.28. The van der Waals surface area contributed by atoms with Crippen LogP contribution in [0.1, 0.15) is 11.3 Å². The molecule has 0 fully saturated rings. The summed E-state index contributed by atoms with van der Waals surface area (Å²) in [4.78, 5) is 0. The van der Waals surface area contributed by atoms with E-state index in [4.69, 9.17) is 20.6 Å². The summed E-state index contributed by atoms with van der Waals surface area (Å²) in [5.41, 5.74) is 7.74. The maximum Gasteiger partial charge on any atom is 0.162 e. The lowest BCUT2D eigenvalue weighted by Gasteiger charge is -2.10. The highest BCUT2D eigenvalue weighted by Gasteiger charge is 2.12. The minimum atomic E-state index is 0.00391. The number of nitrogens with one attached hydrogen (secondary N) is 1. The zero-order chi connectivity index (χ0) is 14.0. The van der Waals surface area contributed by atoms with Gasteiger partial charge in [-0.15, -0.1) is 0 Å². The minimum absolute atomic E-state index is 0.00391. The van der Waals surface area contributed by atoms with Crippen LogP contribution in [0, 0.1) is 12.3 Å². The Bertz CT molecular complexity index is 619. The highest BCUT2D eigenvalue weighted by molar-refractivity contribution is 5.95. The van der Waals surface area contributed by atoms with Crippen LogP contribution >= 0.6 is 0 Å². The van der Waals surface area contributed by atoms with Gasteiger partial charge in [0.1, 0.15) is 5.84 Å². The van der Waals surface area contributed by atoms with Crippen molar-refractivity contribution < 1.29 is 9.47 Å². The fourth-order valence-electron chi connectivity index (χ4n) is 1.89. The van der Waals surface area contributed by atoms with E-state index in [0.717, 1.165) is 11.4 Å². The minimum Gasteiger partial charge on any atom is -0.493 e. The average Bonchev–Trinajstić information content (AvgIpc) is 2.80. The van der Waals surface area contributed by atoms with E-state index >= 15 is 0 Å². The van der Waals surface area contributed by atoms with Crippen molar-refractivity contribution in [2.75, 3.05) is 14.2 Å². The first-order chi connectivity index (χ1) is 9.08. The number of hydrogen-bond donors (Lipinski definition) is 2. The lowest BCUT2D eigenvalue weighted by atomic mass is 10.2. The fourth-order valence-corrected chi connectivity index (χ4v) is 1.89. The van der Waals surface area contributed by atoms with Crippen molar-refractivity contribution >= 4 is 5.84 Å². The SMILES string of the molecule is COc1ccc(-n2ncc(C(=N)N)c2C)cc1OC. The number of hydrogen-bond acceptors (Lipinski definition) is 4. The number of rotatable bonds is 4. The van der Waals surface area contributed by atoms with E-state index < -0.39 is 0 Å². The smallest absolute Gasteiger partial charge is 0.162 e. The number of nitrogens with two attached hydrogens (primary N) is 1. The van der Waals surface area contributed by atoms with Crippen LogP contribution in [0.2, 0.25) is 0 Å². The summed E-state index contributed by atoms with van der Waals surface area (Å²) < 4.78 is 12.2. The van der Waals surface area contributed by atoms with E-state index in [-0.39, 0.29) is 5.84 Å². The number of benzene rings is 1. The lowest BCUT2D eigenvalue weighted by molar-refractivity contribution is 0.354. The van der Waals surface area contributed by atoms with Gasteiger partial charge in [0.15, 0.2) is 11.5 Å². The van der Waals surface area contributed by atoms with Crippen molar-refractivity contribution in [3.8, 4) is 17.2 Å². The largest absolute Gasteiger partial charge is 0.493 e. The maximum absolute atomic E-state index is 7.47. The van der Waals surface area contributed by atoms with Crippen molar-refractivity contribution in [2.24, 2.45) is 5.73 Å². The van der Waals surface area contributed by atoms with Crippen LogP contribution in [0.25, 0.3) is 5.69 Å². The molecule has 0 radical (unpaired) electrons. The van der Waals surface area contributed by atoms with Crippen LogP contribution in [0.5, 0.6) is 11.5 Å². The molecule has 3 N–H and O–H groups in total. The Hall–Kier alpha value is -2.50. The first-order valence-corrected chi connectivity index (χ1v) is 5.70. The van der Waals surface area contributed by atoms with Gasteiger partial charge in [0.2, 0.25) is 0 Å². The van der Waals surface area contributed by atoms with Gasteiger partial charge in [0.25, 0.3) is 0 Å². The van der Waals surface area contributed by atoms with Crippen molar-refractivity contribution in [1.82, 2.24) is 9.78 Å². The van der Waals surface area contributed by atoms with E-state index in [1.54, 1.807) is 25.1 Å². The van der Waals surface area contributed by atoms with Crippen LogP contribution in [-0.2, 0) is 0 Å². The molecule has 0 unspecified atom stereocenters. The quantitative estimate of drug-likeness (QED) is 0.644.